The summed E-state index contributed by atoms with van der Waals surface area (Å²) in [4.78, 5) is 14.2. The van der Waals surface area contributed by atoms with Crippen molar-refractivity contribution in [3.8, 4) is 0 Å². The first-order valence-electron chi connectivity index (χ1n) is 8.44. The number of carbonyl (C=O) groups is 1. The number of morpholine rings is 1. The summed E-state index contributed by atoms with van der Waals surface area (Å²) in [6.07, 6.45) is 1.19. The number of carbonyl (C=O) groups excluding carboxylic acids is 1. The average molecular weight is 374 g/mol. The van der Waals surface area contributed by atoms with Crippen LogP contribution in [0.25, 0.3) is 0 Å². The molecule has 0 aliphatic carbocycles. The zero-order valence-corrected chi connectivity index (χ0v) is 15.5. The Labute approximate surface area is 154 Å². The lowest BCUT2D eigenvalue weighted by atomic mass is 10.1. The molecular formula is C19H22N2O4S. The SMILES string of the molecule is CS(=O)(=O)N(Cc1ccc(C(=O)N2CCOCC2)cc1)c1ccccc1. The molecule has 0 aromatic heterocycles. The van der Waals surface area contributed by atoms with Gasteiger partial charge < -0.3 is 9.64 Å². The predicted molar refractivity (Wildman–Crippen MR) is 101 cm³/mol. The maximum atomic E-state index is 12.5. The minimum absolute atomic E-state index is 0.0251. The molecule has 1 amide bonds. The van der Waals surface area contributed by atoms with Crippen molar-refractivity contribution in [1.82, 2.24) is 4.90 Å². The summed E-state index contributed by atoms with van der Waals surface area (Å²) in [7, 11) is -3.42. The van der Waals surface area contributed by atoms with Gasteiger partial charge in [-0.15, -0.1) is 0 Å². The van der Waals surface area contributed by atoms with Crippen molar-refractivity contribution in [3.63, 3.8) is 0 Å². The van der Waals surface area contributed by atoms with Crippen molar-refractivity contribution in [2.24, 2.45) is 0 Å². The fourth-order valence-electron chi connectivity index (χ4n) is 2.86. The number of ether oxygens (including phenoxy) is 1. The van der Waals surface area contributed by atoms with Crippen molar-refractivity contribution in [3.05, 3.63) is 65.7 Å². The minimum atomic E-state index is -3.42. The molecule has 1 fully saturated rings. The van der Waals surface area contributed by atoms with Crippen molar-refractivity contribution < 1.29 is 17.9 Å². The van der Waals surface area contributed by atoms with Crippen LogP contribution in [-0.4, -0.2) is 51.8 Å². The van der Waals surface area contributed by atoms with Gasteiger partial charge in [0.2, 0.25) is 10.0 Å². The number of nitrogens with zero attached hydrogens (tertiary/aromatic N) is 2. The minimum Gasteiger partial charge on any atom is -0.378 e. The monoisotopic (exact) mass is 374 g/mol. The van der Waals surface area contributed by atoms with Gasteiger partial charge in [0.25, 0.3) is 5.91 Å². The highest BCUT2D eigenvalue weighted by atomic mass is 32.2. The van der Waals surface area contributed by atoms with Crippen LogP contribution < -0.4 is 4.31 Å². The summed E-state index contributed by atoms with van der Waals surface area (Å²) in [6.45, 7) is 2.52. The van der Waals surface area contributed by atoms with Crippen molar-refractivity contribution in [1.29, 1.82) is 0 Å². The van der Waals surface area contributed by atoms with Crippen LogP contribution in [0, 0.1) is 0 Å². The Kier molecular flexibility index (Phi) is 5.58. The molecule has 1 saturated heterocycles. The van der Waals surface area contributed by atoms with Gasteiger partial charge in [0.05, 0.1) is 31.7 Å². The number of benzene rings is 2. The topological polar surface area (TPSA) is 66.9 Å². The Morgan fingerprint density at radius 1 is 1.04 bits per heavy atom. The first kappa shape index (κ1) is 18.4. The number of hydrogen-bond donors (Lipinski definition) is 0. The molecule has 26 heavy (non-hydrogen) atoms. The van der Waals surface area contributed by atoms with Crippen LogP contribution in [0.2, 0.25) is 0 Å². The zero-order valence-electron chi connectivity index (χ0n) is 14.7. The molecule has 1 aliphatic heterocycles. The summed E-state index contributed by atoms with van der Waals surface area (Å²) >= 11 is 0. The summed E-state index contributed by atoms with van der Waals surface area (Å²) in [5.74, 6) is -0.0251. The van der Waals surface area contributed by atoms with Gasteiger partial charge in [-0.25, -0.2) is 8.42 Å². The second-order valence-corrected chi connectivity index (χ2v) is 8.11. The van der Waals surface area contributed by atoms with Crippen molar-refractivity contribution >= 4 is 21.6 Å². The number of para-hydroxylation sites is 1. The third-order valence-electron chi connectivity index (χ3n) is 4.27. The lowest BCUT2D eigenvalue weighted by molar-refractivity contribution is 0.0303. The highest BCUT2D eigenvalue weighted by molar-refractivity contribution is 7.92. The molecule has 1 aliphatic rings. The first-order chi connectivity index (χ1) is 12.4. The molecule has 2 aromatic rings. The quantitative estimate of drug-likeness (QED) is 0.804. The Hall–Kier alpha value is -2.38. The van der Waals surface area contributed by atoms with E-state index < -0.39 is 10.0 Å². The normalized spacial score (nSPS) is 14.9. The van der Waals surface area contributed by atoms with Crippen LogP contribution in [0.15, 0.2) is 54.6 Å². The van der Waals surface area contributed by atoms with Crippen LogP contribution in [0.1, 0.15) is 15.9 Å². The molecule has 0 atom stereocenters. The molecule has 6 nitrogen and oxygen atoms in total. The largest absolute Gasteiger partial charge is 0.378 e. The molecular weight excluding hydrogens is 352 g/mol. The second-order valence-electron chi connectivity index (χ2n) is 6.21. The van der Waals surface area contributed by atoms with E-state index in [9.17, 15) is 13.2 Å². The lowest BCUT2D eigenvalue weighted by Crippen LogP contribution is -2.40. The Morgan fingerprint density at radius 3 is 2.23 bits per heavy atom. The van der Waals surface area contributed by atoms with E-state index in [0.717, 1.165) is 5.56 Å². The summed E-state index contributed by atoms with van der Waals surface area (Å²) < 4.78 is 31.0. The highest BCUT2D eigenvalue weighted by Crippen LogP contribution is 2.20. The number of rotatable bonds is 5. The lowest BCUT2D eigenvalue weighted by Gasteiger charge is -2.27. The number of anilines is 1. The van der Waals surface area contributed by atoms with E-state index in [-0.39, 0.29) is 12.5 Å². The van der Waals surface area contributed by atoms with Gasteiger partial charge in [-0.2, -0.15) is 0 Å². The van der Waals surface area contributed by atoms with E-state index in [4.69, 9.17) is 4.74 Å². The van der Waals surface area contributed by atoms with Gasteiger partial charge >= 0.3 is 0 Å². The molecule has 0 spiro atoms. The fraction of sp³-hybridized carbons (Fsp3) is 0.316. The third kappa shape index (κ3) is 4.42. The van der Waals surface area contributed by atoms with Gasteiger partial charge in [-0.3, -0.25) is 9.10 Å². The molecule has 0 bridgehead atoms. The maximum Gasteiger partial charge on any atom is 0.254 e. The summed E-state index contributed by atoms with van der Waals surface area (Å²) in [5, 5.41) is 0. The Bertz CT molecular complexity index is 845. The van der Waals surface area contributed by atoms with E-state index in [0.29, 0.717) is 37.6 Å². The molecule has 2 aromatic carbocycles. The van der Waals surface area contributed by atoms with E-state index >= 15 is 0 Å². The van der Waals surface area contributed by atoms with E-state index in [1.165, 1.54) is 10.6 Å². The van der Waals surface area contributed by atoms with Crippen LogP contribution in [0.4, 0.5) is 5.69 Å². The van der Waals surface area contributed by atoms with Gasteiger partial charge in [0.15, 0.2) is 0 Å². The summed E-state index contributed by atoms with van der Waals surface area (Å²) in [6, 6.07) is 16.1. The van der Waals surface area contributed by atoms with Crippen molar-refractivity contribution in [2.75, 3.05) is 36.9 Å². The Balaban J connectivity index is 1.76. The number of amides is 1. The van der Waals surface area contributed by atoms with Crippen molar-refractivity contribution in [2.45, 2.75) is 6.54 Å². The van der Waals surface area contributed by atoms with Gasteiger partial charge in [-0.1, -0.05) is 30.3 Å². The third-order valence-corrected chi connectivity index (χ3v) is 5.41. The number of sulfonamides is 1. The molecule has 1 heterocycles. The second kappa shape index (κ2) is 7.88. The van der Waals surface area contributed by atoms with E-state index in [1.807, 2.05) is 6.07 Å². The predicted octanol–water partition coefficient (Wildman–Crippen LogP) is 2.13. The smallest absolute Gasteiger partial charge is 0.254 e. The average Bonchev–Trinajstić information content (AvgIpc) is 2.66. The molecule has 7 heteroatoms. The molecule has 0 N–H and O–H groups in total. The van der Waals surface area contributed by atoms with Crippen LogP contribution >= 0.6 is 0 Å². The Morgan fingerprint density at radius 2 is 1.65 bits per heavy atom. The van der Waals surface area contributed by atoms with Crippen LogP contribution in [0.3, 0.4) is 0 Å². The van der Waals surface area contributed by atoms with Gasteiger partial charge in [-0.05, 0) is 29.8 Å². The van der Waals surface area contributed by atoms with Gasteiger partial charge in [0.1, 0.15) is 0 Å². The van der Waals surface area contributed by atoms with E-state index in [2.05, 4.69) is 0 Å². The van der Waals surface area contributed by atoms with Crippen LogP contribution in [-0.2, 0) is 21.3 Å². The first-order valence-corrected chi connectivity index (χ1v) is 10.3. The van der Waals surface area contributed by atoms with Crippen LogP contribution in [0.5, 0.6) is 0 Å². The molecule has 0 saturated carbocycles. The number of hydrogen-bond acceptors (Lipinski definition) is 4. The molecule has 0 radical (unpaired) electrons. The highest BCUT2D eigenvalue weighted by Gasteiger charge is 2.20. The fourth-order valence-corrected chi connectivity index (χ4v) is 3.75. The van der Waals surface area contributed by atoms with Gasteiger partial charge in [0, 0.05) is 18.7 Å². The molecule has 138 valence electrons. The zero-order chi connectivity index (χ0) is 18.6. The molecule has 0 unspecified atom stereocenters. The molecule has 3 rings (SSSR count). The van der Waals surface area contributed by atoms with E-state index in [1.54, 1.807) is 53.4 Å². The summed E-state index contributed by atoms with van der Waals surface area (Å²) in [5.41, 5.74) is 2.03. The standard InChI is InChI=1S/C19H22N2O4S/c1-26(23,24)21(18-5-3-2-4-6-18)15-16-7-9-17(10-8-16)19(22)20-11-13-25-14-12-20/h2-10H,11-15H2,1H3. The maximum absolute atomic E-state index is 12.5.